The first-order valence-corrected chi connectivity index (χ1v) is 8.98. The van der Waals surface area contributed by atoms with E-state index in [2.05, 4.69) is 23.6 Å². The third-order valence-electron chi connectivity index (χ3n) is 4.84. The van der Waals surface area contributed by atoms with Gasteiger partial charge in [0.15, 0.2) is 0 Å². The molecule has 1 aromatic rings. The lowest BCUT2D eigenvalue weighted by Crippen LogP contribution is -2.49. The Bertz CT molecular complexity index is 537. The van der Waals surface area contributed by atoms with Crippen LogP contribution in [0.2, 0.25) is 0 Å². The Morgan fingerprint density at radius 1 is 1.32 bits per heavy atom. The summed E-state index contributed by atoms with van der Waals surface area (Å²) in [6.07, 6.45) is 1.28. The van der Waals surface area contributed by atoms with Crippen molar-refractivity contribution in [2.24, 2.45) is 11.8 Å². The van der Waals surface area contributed by atoms with Crippen molar-refractivity contribution in [2.45, 2.75) is 36.8 Å². The number of aliphatic hydroxyl groups is 1. The predicted octanol–water partition coefficient (Wildman–Crippen LogP) is 1.56. The van der Waals surface area contributed by atoms with Gasteiger partial charge in [-0.25, -0.2) is 0 Å². The number of carbonyl (C=O) groups is 1. The summed E-state index contributed by atoms with van der Waals surface area (Å²) in [5, 5.41) is 16.7. The van der Waals surface area contributed by atoms with Crippen LogP contribution in [0.5, 0.6) is 0 Å². The van der Waals surface area contributed by atoms with Crippen LogP contribution in [0.25, 0.3) is 0 Å². The quantitative estimate of drug-likeness (QED) is 0.737. The van der Waals surface area contributed by atoms with Crippen molar-refractivity contribution < 1.29 is 9.90 Å². The van der Waals surface area contributed by atoms with E-state index in [4.69, 9.17) is 0 Å². The second kappa shape index (κ2) is 7.02. The highest BCUT2D eigenvalue weighted by Gasteiger charge is 2.39. The molecule has 2 fully saturated rings. The van der Waals surface area contributed by atoms with E-state index in [1.54, 1.807) is 11.8 Å². The smallest absolute Gasteiger partial charge is 0.230 e. The molecule has 0 spiro atoms. The number of carbonyl (C=O) groups excluding carboxylic acids is 1. The largest absolute Gasteiger partial charge is 0.391 e. The fourth-order valence-corrected chi connectivity index (χ4v) is 4.40. The Hall–Kier alpha value is -1.04. The molecule has 3 rings (SSSR count). The van der Waals surface area contributed by atoms with E-state index in [1.165, 1.54) is 5.56 Å². The molecule has 0 radical (unpaired) electrons. The molecule has 1 saturated heterocycles. The maximum atomic E-state index is 12.2. The van der Waals surface area contributed by atoms with Crippen molar-refractivity contribution in [3.8, 4) is 0 Å². The number of hydrogen-bond acceptors (Lipinski definition) is 4. The molecule has 2 aliphatic rings. The van der Waals surface area contributed by atoms with Crippen molar-refractivity contribution >= 4 is 17.7 Å². The van der Waals surface area contributed by atoms with E-state index in [1.807, 2.05) is 18.2 Å². The summed E-state index contributed by atoms with van der Waals surface area (Å²) >= 11 is 1.56. The molecule has 1 amide bonds. The van der Waals surface area contributed by atoms with Gasteiger partial charge in [0.2, 0.25) is 5.91 Å². The molecule has 0 bridgehead atoms. The van der Waals surface area contributed by atoms with Gasteiger partial charge in [0, 0.05) is 4.90 Å². The van der Waals surface area contributed by atoms with Gasteiger partial charge in [0.05, 0.1) is 17.9 Å². The van der Waals surface area contributed by atoms with Crippen LogP contribution in [0.4, 0.5) is 0 Å². The molecule has 0 unspecified atom stereocenters. The van der Waals surface area contributed by atoms with Crippen LogP contribution in [-0.4, -0.2) is 42.0 Å². The van der Waals surface area contributed by atoms with Gasteiger partial charge in [0.1, 0.15) is 0 Å². The van der Waals surface area contributed by atoms with Gasteiger partial charge in [0.25, 0.3) is 0 Å². The van der Waals surface area contributed by atoms with Gasteiger partial charge >= 0.3 is 0 Å². The van der Waals surface area contributed by atoms with Crippen LogP contribution in [0.15, 0.2) is 29.2 Å². The average molecular weight is 320 g/mol. The highest BCUT2D eigenvalue weighted by atomic mass is 32.2. The first kappa shape index (κ1) is 15.8. The molecular weight excluding hydrogens is 296 g/mol. The van der Waals surface area contributed by atoms with E-state index >= 15 is 0 Å². The Balaban J connectivity index is 1.50. The molecule has 1 heterocycles. The SMILES string of the molecule is Cc1ccccc1SCC(=O)N[C@H]1C[C@H]2CNC[C@H]2C[C@@H]1O. The molecule has 1 aliphatic heterocycles. The molecule has 0 aromatic heterocycles. The lowest BCUT2D eigenvalue weighted by atomic mass is 9.77. The van der Waals surface area contributed by atoms with Crippen LogP contribution in [0, 0.1) is 18.8 Å². The second-order valence-electron chi connectivity index (χ2n) is 6.45. The zero-order valence-electron chi connectivity index (χ0n) is 12.9. The summed E-state index contributed by atoms with van der Waals surface area (Å²) in [4.78, 5) is 13.3. The van der Waals surface area contributed by atoms with Gasteiger partial charge in [-0.3, -0.25) is 4.79 Å². The molecule has 3 N–H and O–H groups in total. The number of nitrogens with one attached hydrogen (secondary N) is 2. The number of thioether (sulfide) groups is 1. The summed E-state index contributed by atoms with van der Waals surface area (Å²) in [7, 11) is 0. The molecule has 4 atom stereocenters. The zero-order valence-corrected chi connectivity index (χ0v) is 13.7. The molecule has 1 aliphatic carbocycles. The van der Waals surface area contributed by atoms with Crippen LogP contribution >= 0.6 is 11.8 Å². The van der Waals surface area contributed by atoms with Crippen LogP contribution in [-0.2, 0) is 4.79 Å². The van der Waals surface area contributed by atoms with Gasteiger partial charge in [-0.05, 0) is 56.3 Å². The van der Waals surface area contributed by atoms with Gasteiger partial charge in [-0.15, -0.1) is 11.8 Å². The topological polar surface area (TPSA) is 61.4 Å². The molecule has 120 valence electrons. The van der Waals surface area contributed by atoms with Crippen molar-refractivity contribution in [3.63, 3.8) is 0 Å². The monoisotopic (exact) mass is 320 g/mol. The molecule has 4 nitrogen and oxygen atoms in total. The highest BCUT2D eigenvalue weighted by molar-refractivity contribution is 8.00. The first-order chi connectivity index (χ1) is 10.6. The van der Waals surface area contributed by atoms with E-state index < -0.39 is 6.10 Å². The normalized spacial score (nSPS) is 30.8. The third kappa shape index (κ3) is 3.65. The van der Waals surface area contributed by atoms with E-state index in [0.717, 1.165) is 30.8 Å². The lowest BCUT2D eigenvalue weighted by molar-refractivity contribution is -0.120. The van der Waals surface area contributed by atoms with Crippen LogP contribution < -0.4 is 10.6 Å². The summed E-state index contributed by atoms with van der Waals surface area (Å²) in [5.74, 6) is 1.59. The van der Waals surface area contributed by atoms with E-state index in [0.29, 0.717) is 17.6 Å². The minimum absolute atomic E-state index is 0.0155. The fraction of sp³-hybridized carbons (Fsp3) is 0.588. The number of aryl methyl sites for hydroxylation is 1. The molecule has 22 heavy (non-hydrogen) atoms. The maximum Gasteiger partial charge on any atom is 0.230 e. The van der Waals surface area contributed by atoms with Gasteiger partial charge in [-0.2, -0.15) is 0 Å². The second-order valence-corrected chi connectivity index (χ2v) is 7.46. The van der Waals surface area contributed by atoms with Crippen molar-refractivity contribution in [2.75, 3.05) is 18.8 Å². The first-order valence-electron chi connectivity index (χ1n) is 8.00. The van der Waals surface area contributed by atoms with Crippen molar-refractivity contribution in [1.29, 1.82) is 0 Å². The molecular formula is C17H24N2O2S. The Morgan fingerprint density at radius 3 is 2.82 bits per heavy atom. The molecule has 1 aromatic carbocycles. The van der Waals surface area contributed by atoms with E-state index in [-0.39, 0.29) is 11.9 Å². The molecule has 1 saturated carbocycles. The van der Waals surface area contributed by atoms with Gasteiger partial charge in [-0.1, -0.05) is 18.2 Å². The Kier molecular flexibility index (Phi) is 5.06. The van der Waals surface area contributed by atoms with Crippen molar-refractivity contribution in [1.82, 2.24) is 10.6 Å². The number of fused-ring (bicyclic) bond motifs is 1. The maximum absolute atomic E-state index is 12.2. The Labute approximate surface area is 136 Å². The summed E-state index contributed by atoms with van der Waals surface area (Å²) in [6, 6.07) is 8.00. The summed E-state index contributed by atoms with van der Waals surface area (Å²) in [6.45, 7) is 4.08. The zero-order chi connectivity index (χ0) is 15.5. The standard InChI is InChI=1S/C17H24N2O2S/c1-11-4-2-3-5-16(11)22-10-17(21)19-14-6-12-8-18-9-13(12)7-15(14)20/h2-5,12-15,18,20H,6-10H2,1H3,(H,19,21)/t12-,13+,14-,15-/m0/s1. The fourth-order valence-electron chi connectivity index (χ4n) is 3.56. The van der Waals surface area contributed by atoms with Crippen molar-refractivity contribution in [3.05, 3.63) is 29.8 Å². The highest BCUT2D eigenvalue weighted by Crippen LogP contribution is 2.33. The predicted molar refractivity (Wildman–Crippen MR) is 88.9 cm³/mol. The van der Waals surface area contributed by atoms with Crippen LogP contribution in [0.3, 0.4) is 0 Å². The van der Waals surface area contributed by atoms with Crippen LogP contribution in [0.1, 0.15) is 18.4 Å². The Morgan fingerprint density at radius 2 is 2.05 bits per heavy atom. The number of amides is 1. The lowest BCUT2D eigenvalue weighted by Gasteiger charge is -2.35. The average Bonchev–Trinajstić information content (AvgIpc) is 2.94. The summed E-state index contributed by atoms with van der Waals surface area (Å²) < 4.78 is 0. The molecule has 5 heteroatoms. The third-order valence-corrected chi connectivity index (χ3v) is 6.02. The van der Waals surface area contributed by atoms with Gasteiger partial charge < -0.3 is 15.7 Å². The number of aliphatic hydroxyl groups excluding tert-OH is 1. The number of hydrogen-bond donors (Lipinski definition) is 3. The van der Waals surface area contributed by atoms with E-state index in [9.17, 15) is 9.90 Å². The number of rotatable bonds is 4. The summed E-state index contributed by atoms with van der Waals surface area (Å²) in [5.41, 5.74) is 1.19. The minimum Gasteiger partial charge on any atom is -0.391 e. The minimum atomic E-state index is -0.409. The number of benzene rings is 1.